The first kappa shape index (κ1) is 22.6. The zero-order valence-electron chi connectivity index (χ0n) is 18.9. The molecule has 35 heavy (non-hydrogen) atoms. The van der Waals surface area contributed by atoms with Gasteiger partial charge in [0, 0.05) is 36.3 Å². The number of likely N-dealkylation sites (tertiary alicyclic amines) is 1. The number of carbonyl (C=O) groups excluding carboxylic acids is 2. The molecular weight excluding hydrogens is 450 g/mol. The quantitative estimate of drug-likeness (QED) is 0.334. The predicted octanol–water partition coefficient (Wildman–Crippen LogP) is 6.11. The molecule has 178 valence electrons. The molecule has 5 rings (SSSR count). The Labute approximate surface area is 200 Å². The number of piperidine rings is 1. The summed E-state index contributed by atoms with van der Waals surface area (Å²) in [6.07, 6.45) is 3.75. The van der Waals surface area contributed by atoms with Gasteiger partial charge in [-0.05, 0) is 54.7 Å². The van der Waals surface area contributed by atoms with E-state index < -0.39 is 17.7 Å². The minimum Gasteiger partial charge on any atom is -0.361 e. The van der Waals surface area contributed by atoms with Crippen LogP contribution in [0.3, 0.4) is 0 Å². The van der Waals surface area contributed by atoms with E-state index in [2.05, 4.69) is 33.9 Å². The number of nitrogens with zero attached hydrogens (tertiary/aromatic N) is 1. The van der Waals surface area contributed by atoms with Crippen LogP contribution in [0.2, 0.25) is 0 Å². The number of carbonyl (C=O) groups is 2. The average molecular weight is 475 g/mol. The summed E-state index contributed by atoms with van der Waals surface area (Å²) in [4.78, 5) is 30.9. The first-order valence-electron chi connectivity index (χ1n) is 11.5. The van der Waals surface area contributed by atoms with Gasteiger partial charge >= 0.3 is 6.03 Å². The molecule has 4 aromatic rings. The van der Waals surface area contributed by atoms with E-state index in [4.69, 9.17) is 0 Å². The van der Waals surface area contributed by atoms with Crippen molar-refractivity contribution >= 4 is 34.2 Å². The molecule has 0 atom stereocenters. The number of halogens is 2. The minimum atomic E-state index is -0.886. The molecule has 0 saturated carbocycles. The van der Waals surface area contributed by atoms with Crippen molar-refractivity contribution in [2.45, 2.75) is 18.8 Å². The lowest BCUT2D eigenvalue weighted by atomic mass is 9.89. The van der Waals surface area contributed by atoms with Gasteiger partial charge in [-0.2, -0.15) is 0 Å². The average Bonchev–Trinajstić information content (AvgIpc) is 3.30. The Morgan fingerprint density at radius 2 is 1.60 bits per heavy atom. The molecule has 3 amide bonds. The molecule has 0 bridgehead atoms. The smallest absolute Gasteiger partial charge is 0.323 e. The van der Waals surface area contributed by atoms with Crippen LogP contribution in [0.15, 0.2) is 72.9 Å². The van der Waals surface area contributed by atoms with Crippen molar-refractivity contribution in [1.82, 2.24) is 9.88 Å². The van der Waals surface area contributed by atoms with E-state index in [0.29, 0.717) is 36.3 Å². The molecule has 0 radical (unpaired) electrons. The second-order valence-electron chi connectivity index (χ2n) is 8.60. The van der Waals surface area contributed by atoms with Gasteiger partial charge in [-0.25, -0.2) is 13.6 Å². The molecule has 0 unspecified atom stereocenters. The lowest BCUT2D eigenvalue weighted by Crippen LogP contribution is -2.38. The highest BCUT2D eigenvalue weighted by Crippen LogP contribution is 2.34. The van der Waals surface area contributed by atoms with Crippen LogP contribution in [0.25, 0.3) is 10.9 Å². The monoisotopic (exact) mass is 474 g/mol. The summed E-state index contributed by atoms with van der Waals surface area (Å²) in [5.74, 6) is -1.44. The molecule has 8 heteroatoms. The second-order valence-corrected chi connectivity index (χ2v) is 8.60. The number of aromatic amines is 1. The Morgan fingerprint density at radius 3 is 2.40 bits per heavy atom. The summed E-state index contributed by atoms with van der Waals surface area (Å²) < 4.78 is 27.0. The summed E-state index contributed by atoms with van der Waals surface area (Å²) >= 11 is 0. The number of amides is 3. The maximum atomic E-state index is 13.9. The topological polar surface area (TPSA) is 77.2 Å². The van der Waals surface area contributed by atoms with Crippen LogP contribution in [0.5, 0.6) is 0 Å². The van der Waals surface area contributed by atoms with Gasteiger partial charge in [-0.15, -0.1) is 0 Å². The van der Waals surface area contributed by atoms with Gasteiger partial charge in [-0.3, -0.25) is 4.79 Å². The van der Waals surface area contributed by atoms with Crippen molar-refractivity contribution in [2.75, 3.05) is 23.7 Å². The van der Waals surface area contributed by atoms with Gasteiger partial charge in [0.05, 0.1) is 16.9 Å². The van der Waals surface area contributed by atoms with Gasteiger partial charge in [0.15, 0.2) is 0 Å². The Morgan fingerprint density at radius 1 is 0.886 bits per heavy atom. The molecule has 2 heterocycles. The third kappa shape index (κ3) is 4.73. The first-order valence-corrected chi connectivity index (χ1v) is 11.5. The molecule has 1 aromatic heterocycles. The number of benzene rings is 3. The van der Waals surface area contributed by atoms with Crippen molar-refractivity contribution in [3.8, 4) is 0 Å². The molecule has 0 aliphatic carbocycles. The van der Waals surface area contributed by atoms with Crippen molar-refractivity contribution in [1.29, 1.82) is 0 Å². The summed E-state index contributed by atoms with van der Waals surface area (Å²) in [5.41, 5.74) is 2.90. The SMILES string of the molecule is O=C(Nc1ccc(F)cc1F)Nc1ccccc1C(=O)N1CCC(c2c[nH]c3ccccc23)CC1. The molecule has 1 aliphatic rings. The van der Waals surface area contributed by atoms with E-state index in [9.17, 15) is 18.4 Å². The third-order valence-corrected chi connectivity index (χ3v) is 6.43. The Bertz CT molecular complexity index is 1390. The highest BCUT2D eigenvalue weighted by Gasteiger charge is 2.27. The van der Waals surface area contributed by atoms with Crippen LogP contribution in [-0.4, -0.2) is 34.9 Å². The van der Waals surface area contributed by atoms with Gasteiger partial charge in [-0.1, -0.05) is 30.3 Å². The molecule has 6 nitrogen and oxygen atoms in total. The van der Waals surface area contributed by atoms with Crippen molar-refractivity contribution in [3.63, 3.8) is 0 Å². The number of para-hydroxylation sites is 2. The van der Waals surface area contributed by atoms with Crippen LogP contribution >= 0.6 is 0 Å². The Kier molecular flexibility index (Phi) is 6.18. The van der Waals surface area contributed by atoms with Gasteiger partial charge in [0.2, 0.25) is 0 Å². The van der Waals surface area contributed by atoms with E-state index >= 15 is 0 Å². The fourth-order valence-corrected chi connectivity index (χ4v) is 4.64. The predicted molar refractivity (Wildman–Crippen MR) is 132 cm³/mol. The maximum absolute atomic E-state index is 13.9. The number of anilines is 2. The molecule has 3 aromatic carbocycles. The van der Waals surface area contributed by atoms with Gasteiger partial charge in [0.1, 0.15) is 11.6 Å². The Balaban J connectivity index is 1.25. The van der Waals surface area contributed by atoms with E-state index in [1.807, 2.05) is 12.1 Å². The number of rotatable bonds is 4. The number of nitrogens with one attached hydrogen (secondary N) is 3. The van der Waals surface area contributed by atoms with Crippen LogP contribution in [-0.2, 0) is 0 Å². The molecule has 1 fully saturated rings. The number of fused-ring (bicyclic) bond motifs is 1. The van der Waals surface area contributed by atoms with E-state index in [-0.39, 0.29) is 11.6 Å². The summed E-state index contributed by atoms with van der Waals surface area (Å²) in [6, 6.07) is 17.1. The van der Waals surface area contributed by atoms with Crippen LogP contribution in [0, 0.1) is 11.6 Å². The fourth-order valence-electron chi connectivity index (χ4n) is 4.64. The summed E-state index contributed by atoms with van der Waals surface area (Å²) in [7, 11) is 0. The molecule has 1 aliphatic heterocycles. The maximum Gasteiger partial charge on any atom is 0.323 e. The lowest BCUT2D eigenvalue weighted by Gasteiger charge is -2.32. The van der Waals surface area contributed by atoms with E-state index in [1.165, 1.54) is 10.9 Å². The highest BCUT2D eigenvalue weighted by atomic mass is 19.1. The largest absolute Gasteiger partial charge is 0.361 e. The first-order chi connectivity index (χ1) is 17.0. The zero-order valence-corrected chi connectivity index (χ0v) is 18.9. The standard InChI is InChI=1S/C27H24F2N4O2/c28-18-9-10-25(22(29)15-18)32-27(35)31-24-8-4-2-6-20(24)26(34)33-13-11-17(12-14-33)21-16-30-23-7-3-1-5-19(21)23/h1-10,15-17,30H,11-14H2,(H2,31,32,35). The van der Waals surface area contributed by atoms with Crippen LogP contribution in [0.1, 0.15) is 34.7 Å². The van der Waals surface area contributed by atoms with E-state index in [1.54, 1.807) is 29.2 Å². The minimum absolute atomic E-state index is 0.160. The number of urea groups is 1. The number of hydrogen-bond acceptors (Lipinski definition) is 2. The van der Waals surface area contributed by atoms with Crippen LogP contribution < -0.4 is 10.6 Å². The van der Waals surface area contributed by atoms with Gasteiger partial charge in [0.25, 0.3) is 5.91 Å². The summed E-state index contributed by atoms with van der Waals surface area (Å²) in [6.45, 7) is 1.20. The van der Waals surface area contributed by atoms with E-state index in [0.717, 1.165) is 30.5 Å². The summed E-state index contributed by atoms with van der Waals surface area (Å²) in [5, 5.41) is 6.18. The normalized spacial score (nSPS) is 14.2. The molecule has 0 spiro atoms. The second kappa shape index (κ2) is 9.58. The van der Waals surface area contributed by atoms with Crippen LogP contribution in [0.4, 0.5) is 25.0 Å². The number of aromatic nitrogens is 1. The van der Waals surface area contributed by atoms with Crippen molar-refractivity contribution < 1.29 is 18.4 Å². The highest BCUT2D eigenvalue weighted by molar-refractivity contribution is 6.06. The Hall–Kier alpha value is -4.20. The fraction of sp³-hybridized carbons (Fsp3) is 0.185. The van der Waals surface area contributed by atoms with Crippen molar-refractivity contribution in [3.05, 3.63) is 95.7 Å². The number of hydrogen-bond donors (Lipinski definition) is 3. The third-order valence-electron chi connectivity index (χ3n) is 6.43. The lowest BCUT2D eigenvalue weighted by molar-refractivity contribution is 0.0714. The zero-order chi connectivity index (χ0) is 24.4. The number of H-pyrrole nitrogens is 1. The molecule has 1 saturated heterocycles. The molecule has 3 N–H and O–H groups in total. The van der Waals surface area contributed by atoms with Gasteiger partial charge < -0.3 is 20.5 Å². The van der Waals surface area contributed by atoms with Crippen molar-refractivity contribution in [2.24, 2.45) is 0 Å². The molecular formula is C27H24F2N4O2.